The van der Waals surface area contributed by atoms with Crippen LogP contribution in [0.3, 0.4) is 0 Å². The number of nitrogens with one attached hydrogen (secondary N) is 2. The van der Waals surface area contributed by atoms with Crippen LogP contribution in [-0.2, 0) is 12.7 Å². The molecule has 124 valence electrons. The Balaban J connectivity index is 2.43. The summed E-state index contributed by atoms with van der Waals surface area (Å²) in [7, 11) is 0. The van der Waals surface area contributed by atoms with E-state index in [2.05, 4.69) is 10.6 Å². The van der Waals surface area contributed by atoms with Crippen LogP contribution in [0.1, 0.15) is 37.3 Å². The highest BCUT2D eigenvalue weighted by Crippen LogP contribution is 2.28. The maximum Gasteiger partial charge on any atom is 0.416 e. The van der Waals surface area contributed by atoms with Crippen LogP contribution in [0.15, 0.2) is 24.3 Å². The largest absolute Gasteiger partial charge is 0.416 e. The average Bonchev–Trinajstić information content (AvgIpc) is 2.49. The molecule has 0 saturated heterocycles. The maximum absolute atomic E-state index is 12.4. The Bertz CT molecular complexity index is 461. The second-order valence-corrected chi connectivity index (χ2v) is 5.04. The molecule has 0 fully saturated rings. The Morgan fingerprint density at radius 2 is 1.91 bits per heavy atom. The number of rotatable bonds is 7. The van der Waals surface area contributed by atoms with Crippen molar-refractivity contribution in [1.29, 1.82) is 0 Å². The molecule has 0 aromatic heterocycles. The zero-order valence-corrected chi connectivity index (χ0v) is 12.4. The fraction of sp³-hybridized carbons (Fsp3) is 0.533. The minimum absolute atomic E-state index is 0.121. The van der Waals surface area contributed by atoms with Gasteiger partial charge in [-0.3, -0.25) is 0 Å². The van der Waals surface area contributed by atoms with Crippen molar-refractivity contribution in [2.24, 2.45) is 0 Å². The van der Waals surface area contributed by atoms with E-state index in [1.807, 2.05) is 6.92 Å². The summed E-state index contributed by atoms with van der Waals surface area (Å²) in [5, 5.41) is 14.3. The molecular formula is C15H21F3N2O2. The monoisotopic (exact) mass is 318 g/mol. The van der Waals surface area contributed by atoms with Gasteiger partial charge in [-0.1, -0.05) is 31.9 Å². The van der Waals surface area contributed by atoms with Gasteiger partial charge in [0, 0.05) is 6.54 Å². The normalized spacial score (nSPS) is 12.8. The SMILES string of the molecule is CCCC[C@H](CO)NC(=O)NCc1ccc(C(F)(F)F)cc1. The van der Waals surface area contributed by atoms with Gasteiger partial charge < -0.3 is 15.7 Å². The van der Waals surface area contributed by atoms with Crippen LogP contribution in [0.5, 0.6) is 0 Å². The van der Waals surface area contributed by atoms with Crippen molar-refractivity contribution in [3.63, 3.8) is 0 Å². The van der Waals surface area contributed by atoms with Gasteiger partial charge in [-0.15, -0.1) is 0 Å². The van der Waals surface area contributed by atoms with Gasteiger partial charge in [0.15, 0.2) is 0 Å². The Kier molecular flexibility index (Phi) is 7.17. The summed E-state index contributed by atoms with van der Waals surface area (Å²) >= 11 is 0. The zero-order valence-electron chi connectivity index (χ0n) is 12.4. The van der Waals surface area contributed by atoms with Crippen LogP contribution in [0.4, 0.5) is 18.0 Å². The summed E-state index contributed by atoms with van der Waals surface area (Å²) in [6.45, 7) is 1.99. The molecule has 1 atom stereocenters. The van der Waals surface area contributed by atoms with E-state index >= 15 is 0 Å². The number of carbonyl (C=O) groups is 1. The maximum atomic E-state index is 12.4. The molecule has 3 N–H and O–H groups in total. The molecule has 0 spiro atoms. The van der Waals surface area contributed by atoms with E-state index in [-0.39, 0.29) is 19.2 Å². The highest BCUT2D eigenvalue weighted by molar-refractivity contribution is 5.74. The quantitative estimate of drug-likeness (QED) is 0.723. The predicted molar refractivity (Wildman–Crippen MR) is 77.2 cm³/mol. The lowest BCUT2D eigenvalue weighted by molar-refractivity contribution is -0.137. The van der Waals surface area contributed by atoms with Gasteiger partial charge in [0.1, 0.15) is 0 Å². The van der Waals surface area contributed by atoms with E-state index < -0.39 is 17.8 Å². The minimum Gasteiger partial charge on any atom is -0.394 e. The number of hydrogen-bond acceptors (Lipinski definition) is 2. The summed E-state index contributed by atoms with van der Waals surface area (Å²) in [6.07, 6.45) is -1.83. The van der Waals surface area contributed by atoms with E-state index in [0.717, 1.165) is 25.0 Å². The topological polar surface area (TPSA) is 61.4 Å². The lowest BCUT2D eigenvalue weighted by Gasteiger charge is -2.16. The molecule has 0 aliphatic rings. The number of aliphatic hydroxyl groups excluding tert-OH is 1. The van der Waals surface area contributed by atoms with E-state index in [1.54, 1.807) is 0 Å². The molecule has 2 amide bonds. The molecule has 22 heavy (non-hydrogen) atoms. The molecule has 0 aliphatic carbocycles. The summed E-state index contributed by atoms with van der Waals surface area (Å²) in [5.74, 6) is 0. The van der Waals surface area contributed by atoms with E-state index in [1.165, 1.54) is 12.1 Å². The van der Waals surface area contributed by atoms with Crippen molar-refractivity contribution in [1.82, 2.24) is 10.6 Å². The van der Waals surface area contributed by atoms with Gasteiger partial charge in [-0.05, 0) is 24.1 Å². The van der Waals surface area contributed by atoms with E-state index in [9.17, 15) is 18.0 Å². The van der Waals surface area contributed by atoms with Gasteiger partial charge in [0.2, 0.25) is 0 Å². The molecule has 1 aromatic rings. The number of alkyl halides is 3. The molecule has 0 unspecified atom stereocenters. The molecule has 1 aromatic carbocycles. The van der Waals surface area contributed by atoms with Crippen LogP contribution in [0.2, 0.25) is 0 Å². The van der Waals surface area contributed by atoms with Crippen LogP contribution in [0, 0.1) is 0 Å². The Hall–Kier alpha value is -1.76. The lowest BCUT2D eigenvalue weighted by atomic mass is 10.1. The summed E-state index contributed by atoms with van der Waals surface area (Å²) in [4.78, 5) is 11.7. The molecule has 0 saturated carbocycles. The third-order valence-corrected chi connectivity index (χ3v) is 3.20. The summed E-state index contributed by atoms with van der Waals surface area (Å²) in [6, 6.07) is 3.84. The second-order valence-electron chi connectivity index (χ2n) is 5.04. The smallest absolute Gasteiger partial charge is 0.394 e. The molecular weight excluding hydrogens is 297 g/mol. The fourth-order valence-corrected chi connectivity index (χ4v) is 1.89. The van der Waals surface area contributed by atoms with Crippen molar-refractivity contribution in [2.75, 3.05) is 6.61 Å². The fourth-order valence-electron chi connectivity index (χ4n) is 1.89. The van der Waals surface area contributed by atoms with Crippen LogP contribution >= 0.6 is 0 Å². The summed E-state index contributed by atoms with van der Waals surface area (Å²) < 4.78 is 37.2. The average molecular weight is 318 g/mol. The predicted octanol–water partition coefficient (Wildman–Crippen LogP) is 3.06. The van der Waals surface area contributed by atoms with Gasteiger partial charge >= 0.3 is 12.2 Å². The standard InChI is InChI=1S/C15H21F3N2O2/c1-2-3-4-13(10-21)20-14(22)19-9-11-5-7-12(8-6-11)15(16,17)18/h5-8,13,21H,2-4,9-10H2,1H3,(H2,19,20,22)/t13-/m1/s1. The third kappa shape index (κ3) is 6.34. The number of benzene rings is 1. The van der Waals surface area contributed by atoms with Gasteiger partial charge in [0.25, 0.3) is 0 Å². The number of aliphatic hydroxyl groups is 1. The molecule has 0 radical (unpaired) electrons. The summed E-state index contributed by atoms with van der Waals surface area (Å²) in [5.41, 5.74) is -0.155. The first-order valence-electron chi connectivity index (χ1n) is 7.18. The molecule has 1 rings (SSSR count). The molecule has 4 nitrogen and oxygen atoms in total. The lowest BCUT2D eigenvalue weighted by Crippen LogP contribution is -2.43. The van der Waals surface area contributed by atoms with Crippen molar-refractivity contribution in [3.8, 4) is 0 Å². The van der Waals surface area contributed by atoms with Crippen LogP contribution in [0.25, 0.3) is 0 Å². The third-order valence-electron chi connectivity index (χ3n) is 3.20. The molecule has 0 heterocycles. The van der Waals surface area contributed by atoms with Gasteiger partial charge in [-0.25, -0.2) is 4.79 Å². The van der Waals surface area contributed by atoms with E-state index in [0.29, 0.717) is 12.0 Å². The number of urea groups is 1. The van der Waals surface area contributed by atoms with Crippen molar-refractivity contribution in [2.45, 2.75) is 44.9 Å². The Morgan fingerprint density at radius 1 is 1.27 bits per heavy atom. The highest BCUT2D eigenvalue weighted by Gasteiger charge is 2.29. The number of unbranched alkanes of at least 4 members (excludes halogenated alkanes) is 1. The second kappa shape index (κ2) is 8.63. The first kappa shape index (κ1) is 18.3. The van der Waals surface area contributed by atoms with E-state index in [4.69, 9.17) is 5.11 Å². The number of hydrogen-bond donors (Lipinski definition) is 3. The first-order valence-corrected chi connectivity index (χ1v) is 7.18. The highest BCUT2D eigenvalue weighted by atomic mass is 19.4. The molecule has 0 aliphatic heterocycles. The van der Waals surface area contributed by atoms with Crippen molar-refractivity contribution >= 4 is 6.03 Å². The van der Waals surface area contributed by atoms with Crippen LogP contribution < -0.4 is 10.6 Å². The number of halogens is 3. The minimum atomic E-state index is -4.36. The van der Waals surface area contributed by atoms with Crippen molar-refractivity contribution < 1.29 is 23.1 Å². The first-order chi connectivity index (χ1) is 10.4. The number of amides is 2. The molecule has 0 bridgehead atoms. The molecule has 7 heteroatoms. The Morgan fingerprint density at radius 3 is 2.41 bits per heavy atom. The van der Waals surface area contributed by atoms with Crippen molar-refractivity contribution in [3.05, 3.63) is 35.4 Å². The van der Waals surface area contributed by atoms with Gasteiger partial charge in [0.05, 0.1) is 18.2 Å². The Labute approximate surface area is 127 Å². The van der Waals surface area contributed by atoms with Gasteiger partial charge in [-0.2, -0.15) is 13.2 Å². The zero-order chi connectivity index (χ0) is 16.6. The number of carbonyl (C=O) groups excluding carboxylic acids is 1. The van der Waals surface area contributed by atoms with Crippen LogP contribution in [-0.4, -0.2) is 23.8 Å².